The first-order valence-corrected chi connectivity index (χ1v) is 8.72. The molecule has 2 saturated heterocycles. The van der Waals surface area contributed by atoms with Crippen molar-refractivity contribution in [2.45, 2.75) is 43.6 Å². The van der Waals surface area contributed by atoms with Crippen LogP contribution in [0.4, 0.5) is 0 Å². The van der Waals surface area contributed by atoms with Gasteiger partial charge in [0, 0.05) is 12.1 Å². The standard InChI is InChI=1S/C18H26N2O4/c21-12-15-17(22)16(20-9-5-2-6-10-20)14(24-15)11-19-18(23)13-7-3-1-4-8-13/h1,3-4,7-8,14-17,21-22H,2,5-6,9-12H2,(H,19,23)/t14-,15+,16+,17-/m1/s1. The molecule has 2 aliphatic rings. The lowest BCUT2D eigenvalue weighted by Crippen LogP contribution is -2.52. The van der Waals surface area contributed by atoms with Crippen molar-refractivity contribution < 1.29 is 19.7 Å². The Morgan fingerprint density at radius 1 is 1.17 bits per heavy atom. The molecule has 6 nitrogen and oxygen atoms in total. The molecule has 0 spiro atoms. The lowest BCUT2D eigenvalue weighted by Gasteiger charge is -2.36. The fourth-order valence-electron chi connectivity index (χ4n) is 3.70. The first kappa shape index (κ1) is 17.4. The molecule has 1 aromatic rings. The van der Waals surface area contributed by atoms with Gasteiger partial charge in [-0.05, 0) is 38.1 Å². The Hall–Kier alpha value is -1.47. The Balaban J connectivity index is 1.64. The largest absolute Gasteiger partial charge is 0.394 e. The number of nitrogens with zero attached hydrogens (tertiary/aromatic N) is 1. The minimum atomic E-state index is -0.730. The van der Waals surface area contributed by atoms with Gasteiger partial charge in [0.25, 0.3) is 5.91 Å². The second kappa shape index (κ2) is 8.07. The Bertz CT molecular complexity index is 533. The number of aliphatic hydroxyl groups is 2. The number of carbonyl (C=O) groups excluding carboxylic acids is 1. The molecule has 1 amide bonds. The third-order valence-corrected chi connectivity index (χ3v) is 4.95. The molecule has 3 rings (SSSR count). The molecule has 0 unspecified atom stereocenters. The van der Waals surface area contributed by atoms with E-state index >= 15 is 0 Å². The molecule has 1 aromatic carbocycles. The van der Waals surface area contributed by atoms with Gasteiger partial charge in [0.15, 0.2) is 0 Å². The molecular formula is C18H26N2O4. The van der Waals surface area contributed by atoms with E-state index in [4.69, 9.17) is 4.74 Å². The minimum Gasteiger partial charge on any atom is -0.394 e. The topological polar surface area (TPSA) is 82.0 Å². The number of piperidine rings is 1. The van der Waals surface area contributed by atoms with Crippen molar-refractivity contribution in [3.63, 3.8) is 0 Å². The summed E-state index contributed by atoms with van der Waals surface area (Å²) in [5.74, 6) is -0.154. The van der Waals surface area contributed by atoms with Crippen molar-refractivity contribution >= 4 is 5.91 Å². The van der Waals surface area contributed by atoms with Gasteiger partial charge in [-0.25, -0.2) is 0 Å². The lowest BCUT2D eigenvalue weighted by atomic mass is 9.99. The van der Waals surface area contributed by atoms with Crippen LogP contribution in [-0.2, 0) is 4.74 Å². The van der Waals surface area contributed by atoms with E-state index in [1.165, 1.54) is 6.42 Å². The Morgan fingerprint density at radius 2 is 1.88 bits per heavy atom. The lowest BCUT2D eigenvalue weighted by molar-refractivity contribution is -0.0209. The van der Waals surface area contributed by atoms with Gasteiger partial charge in [-0.2, -0.15) is 0 Å². The number of likely N-dealkylation sites (tertiary alicyclic amines) is 1. The molecule has 6 heteroatoms. The number of hydrogen-bond acceptors (Lipinski definition) is 5. The number of rotatable bonds is 5. The average molecular weight is 334 g/mol. The summed E-state index contributed by atoms with van der Waals surface area (Å²) in [4.78, 5) is 14.5. The van der Waals surface area contributed by atoms with Crippen molar-refractivity contribution in [2.75, 3.05) is 26.2 Å². The highest BCUT2D eigenvalue weighted by Crippen LogP contribution is 2.28. The molecular weight excluding hydrogens is 308 g/mol. The van der Waals surface area contributed by atoms with Crippen LogP contribution in [0, 0.1) is 0 Å². The maximum absolute atomic E-state index is 12.2. The van der Waals surface area contributed by atoms with Crippen molar-refractivity contribution in [3.8, 4) is 0 Å². The second-order valence-electron chi connectivity index (χ2n) is 6.55. The van der Waals surface area contributed by atoms with E-state index < -0.39 is 12.2 Å². The molecule has 2 aliphatic heterocycles. The maximum atomic E-state index is 12.2. The fraction of sp³-hybridized carbons (Fsp3) is 0.611. The first-order chi connectivity index (χ1) is 11.7. The number of amides is 1. The van der Waals surface area contributed by atoms with Gasteiger partial charge in [-0.1, -0.05) is 24.6 Å². The van der Waals surface area contributed by atoms with Crippen LogP contribution < -0.4 is 5.32 Å². The minimum absolute atomic E-state index is 0.154. The summed E-state index contributed by atoms with van der Waals surface area (Å²) in [6.45, 7) is 1.95. The van der Waals surface area contributed by atoms with Crippen LogP contribution in [0.25, 0.3) is 0 Å². The molecule has 0 bridgehead atoms. The zero-order valence-corrected chi connectivity index (χ0v) is 13.8. The number of ether oxygens (including phenoxy) is 1. The average Bonchev–Trinajstić information content (AvgIpc) is 2.96. The highest BCUT2D eigenvalue weighted by molar-refractivity contribution is 5.94. The predicted molar refractivity (Wildman–Crippen MR) is 89.7 cm³/mol. The molecule has 4 atom stereocenters. The van der Waals surface area contributed by atoms with Crippen LogP contribution in [-0.4, -0.2) is 71.6 Å². The second-order valence-corrected chi connectivity index (χ2v) is 6.55. The van der Waals surface area contributed by atoms with E-state index in [-0.39, 0.29) is 24.7 Å². The van der Waals surface area contributed by atoms with E-state index in [2.05, 4.69) is 10.2 Å². The normalized spacial score (nSPS) is 31.1. The highest BCUT2D eigenvalue weighted by Gasteiger charge is 2.46. The SMILES string of the molecule is O=C(NC[C@H]1O[C@@H](CO)[C@@H](O)[C@H]1N1CCCCC1)c1ccccc1. The number of aliphatic hydroxyl groups excluding tert-OH is 2. The molecule has 0 aromatic heterocycles. The van der Waals surface area contributed by atoms with Gasteiger partial charge in [-0.15, -0.1) is 0 Å². The van der Waals surface area contributed by atoms with Gasteiger partial charge >= 0.3 is 0 Å². The monoisotopic (exact) mass is 334 g/mol. The molecule has 132 valence electrons. The molecule has 2 fully saturated rings. The molecule has 0 saturated carbocycles. The van der Waals surface area contributed by atoms with Crippen LogP contribution >= 0.6 is 0 Å². The summed E-state index contributed by atoms with van der Waals surface area (Å²) in [5.41, 5.74) is 0.601. The first-order valence-electron chi connectivity index (χ1n) is 8.72. The summed E-state index contributed by atoms with van der Waals surface area (Å²) >= 11 is 0. The van der Waals surface area contributed by atoms with Crippen LogP contribution in [0.15, 0.2) is 30.3 Å². The van der Waals surface area contributed by atoms with Crippen molar-refractivity contribution in [2.24, 2.45) is 0 Å². The van der Waals surface area contributed by atoms with E-state index in [1.54, 1.807) is 12.1 Å². The molecule has 24 heavy (non-hydrogen) atoms. The zero-order chi connectivity index (χ0) is 16.9. The number of benzene rings is 1. The smallest absolute Gasteiger partial charge is 0.251 e. The quantitative estimate of drug-likeness (QED) is 0.726. The maximum Gasteiger partial charge on any atom is 0.251 e. The Kier molecular flexibility index (Phi) is 5.84. The van der Waals surface area contributed by atoms with Gasteiger partial charge < -0.3 is 20.3 Å². The summed E-state index contributed by atoms with van der Waals surface area (Å²) in [5, 5.41) is 22.8. The third kappa shape index (κ3) is 3.78. The predicted octanol–water partition coefficient (Wildman–Crippen LogP) is 0.392. The molecule has 0 aliphatic carbocycles. The summed E-state index contributed by atoms with van der Waals surface area (Å²) in [6.07, 6.45) is 1.79. The Labute approximate surface area is 142 Å². The van der Waals surface area contributed by atoms with E-state index in [1.807, 2.05) is 18.2 Å². The van der Waals surface area contributed by atoms with Gasteiger partial charge in [0.1, 0.15) is 12.2 Å². The zero-order valence-electron chi connectivity index (χ0n) is 13.8. The van der Waals surface area contributed by atoms with Crippen molar-refractivity contribution in [3.05, 3.63) is 35.9 Å². The van der Waals surface area contributed by atoms with Crippen molar-refractivity contribution in [1.82, 2.24) is 10.2 Å². The summed E-state index contributed by atoms with van der Waals surface area (Å²) < 4.78 is 5.82. The van der Waals surface area contributed by atoms with Crippen LogP contribution in [0.3, 0.4) is 0 Å². The molecule has 3 N–H and O–H groups in total. The van der Waals surface area contributed by atoms with Crippen molar-refractivity contribution in [1.29, 1.82) is 0 Å². The van der Waals surface area contributed by atoms with Gasteiger partial charge in [0.2, 0.25) is 0 Å². The van der Waals surface area contributed by atoms with Crippen LogP contribution in [0.1, 0.15) is 29.6 Å². The van der Waals surface area contributed by atoms with E-state index in [9.17, 15) is 15.0 Å². The summed E-state index contributed by atoms with van der Waals surface area (Å²) in [6, 6.07) is 8.85. The third-order valence-electron chi connectivity index (χ3n) is 4.95. The van der Waals surface area contributed by atoms with E-state index in [0.717, 1.165) is 25.9 Å². The summed E-state index contributed by atoms with van der Waals surface area (Å²) in [7, 11) is 0. The van der Waals surface area contributed by atoms with Gasteiger partial charge in [-0.3, -0.25) is 9.69 Å². The number of nitrogens with one attached hydrogen (secondary N) is 1. The molecule has 0 radical (unpaired) electrons. The fourth-order valence-corrected chi connectivity index (χ4v) is 3.70. The highest BCUT2D eigenvalue weighted by atomic mass is 16.5. The number of hydrogen-bond donors (Lipinski definition) is 3. The Morgan fingerprint density at radius 3 is 2.54 bits per heavy atom. The van der Waals surface area contributed by atoms with E-state index in [0.29, 0.717) is 12.1 Å². The molecule has 2 heterocycles. The van der Waals surface area contributed by atoms with Crippen LogP contribution in [0.2, 0.25) is 0 Å². The van der Waals surface area contributed by atoms with Gasteiger partial charge in [0.05, 0.1) is 18.8 Å². The van der Waals surface area contributed by atoms with Crippen LogP contribution in [0.5, 0.6) is 0 Å². The number of carbonyl (C=O) groups is 1.